The topological polar surface area (TPSA) is 50.7 Å². The molecule has 0 aliphatic carbocycles. The second-order valence-corrected chi connectivity index (χ2v) is 6.08. The van der Waals surface area contributed by atoms with E-state index in [-0.39, 0.29) is 0 Å². The Morgan fingerprint density at radius 1 is 1.04 bits per heavy atom. The number of rotatable bonds is 5. The quantitative estimate of drug-likeness (QED) is 0.827. The minimum atomic E-state index is 0.558. The summed E-state index contributed by atoms with van der Waals surface area (Å²) >= 11 is 5.84. The van der Waals surface area contributed by atoms with Crippen LogP contribution in [0.3, 0.4) is 0 Å². The highest BCUT2D eigenvalue weighted by Gasteiger charge is 2.20. The highest BCUT2D eigenvalue weighted by atomic mass is 35.5. The van der Waals surface area contributed by atoms with E-state index in [1.165, 1.54) is 0 Å². The maximum Gasteiger partial charge on any atom is 0.225 e. The van der Waals surface area contributed by atoms with Crippen molar-refractivity contribution in [3.63, 3.8) is 0 Å². The van der Waals surface area contributed by atoms with E-state index >= 15 is 0 Å². The Morgan fingerprint density at radius 2 is 1.75 bits per heavy atom. The van der Waals surface area contributed by atoms with Gasteiger partial charge in [0.1, 0.15) is 11.5 Å². The third-order valence-electron chi connectivity index (χ3n) is 4.14. The van der Waals surface area contributed by atoms with E-state index in [0.717, 1.165) is 55.7 Å². The van der Waals surface area contributed by atoms with Crippen molar-refractivity contribution in [2.75, 3.05) is 45.3 Å². The Hall–Kier alpha value is -2.05. The third kappa shape index (κ3) is 3.88. The Balaban J connectivity index is 1.62. The van der Waals surface area contributed by atoms with Gasteiger partial charge in [-0.2, -0.15) is 0 Å². The zero-order valence-electron chi connectivity index (χ0n) is 13.9. The third-order valence-corrected chi connectivity index (χ3v) is 4.34. The highest BCUT2D eigenvalue weighted by molar-refractivity contribution is 6.30. The first kappa shape index (κ1) is 16.8. The molecule has 3 rings (SSSR count). The largest absolute Gasteiger partial charge is 0.497 e. The van der Waals surface area contributed by atoms with Gasteiger partial charge in [0.25, 0.3) is 0 Å². The van der Waals surface area contributed by atoms with Crippen LogP contribution in [0.1, 0.15) is 5.56 Å². The average molecular weight is 349 g/mol. The molecular formula is C17H21ClN4O2. The molecule has 1 aliphatic rings. The molecule has 2 aromatic rings. The highest BCUT2D eigenvalue weighted by Crippen LogP contribution is 2.26. The monoisotopic (exact) mass is 348 g/mol. The van der Waals surface area contributed by atoms with Gasteiger partial charge in [0.15, 0.2) is 0 Å². The molecule has 0 saturated carbocycles. The van der Waals surface area contributed by atoms with E-state index in [4.69, 9.17) is 21.1 Å². The van der Waals surface area contributed by atoms with Crippen molar-refractivity contribution in [1.29, 1.82) is 0 Å². The van der Waals surface area contributed by atoms with Crippen LogP contribution in [0.5, 0.6) is 11.5 Å². The Bertz CT molecular complexity index is 673. The summed E-state index contributed by atoms with van der Waals surface area (Å²) in [7, 11) is 3.37. The molecule has 2 heterocycles. The molecule has 1 fully saturated rings. The fourth-order valence-electron chi connectivity index (χ4n) is 2.82. The number of piperazine rings is 1. The van der Waals surface area contributed by atoms with Gasteiger partial charge in [-0.3, -0.25) is 4.90 Å². The Labute approximate surface area is 147 Å². The summed E-state index contributed by atoms with van der Waals surface area (Å²) < 4.78 is 10.8. The van der Waals surface area contributed by atoms with E-state index in [0.29, 0.717) is 5.02 Å². The summed E-state index contributed by atoms with van der Waals surface area (Å²) in [5.74, 6) is 2.47. The molecule has 0 amide bonds. The van der Waals surface area contributed by atoms with Gasteiger partial charge in [-0.1, -0.05) is 11.6 Å². The molecule has 1 aromatic carbocycles. The van der Waals surface area contributed by atoms with Gasteiger partial charge >= 0.3 is 0 Å². The van der Waals surface area contributed by atoms with Gasteiger partial charge < -0.3 is 14.4 Å². The molecule has 24 heavy (non-hydrogen) atoms. The number of anilines is 1. The summed E-state index contributed by atoms with van der Waals surface area (Å²) in [5, 5.41) is 0.558. The summed E-state index contributed by atoms with van der Waals surface area (Å²) in [6, 6.07) is 5.90. The standard InChI is InChI=1S/C17H21ClN4O2/c1-23-15-3-4-16(24-2)13(9-15)12-21-5-7-22(8-6-21)17-19-10-14(18)11-20-17/h3-4,9-11H,5-8,12H2,1-2H3. The normalized spacial score (nSPS) is 15.4. The zero-order valence-corrected chi connectivity index (χ0v) is 14.7. The van der Waals surface area contributed by atoms with Crippen molar-refractivity contribution >= 4 is 17.5 Å². The predicted molar refractivity (Wildman–Crippen MR) is 94.1 cm³/mol. The molecule has 1 saturated heterocycles. The first-order valence-corrected chi connectivity index (χ1v) is 8.23. The lowest BCUT2D eigenvalue weighted by Crippen LogP contribution is -2.46. The van der Waals surface area contributed by atoms with E-state index in [2.05, 4.69) is 19.8 Å². The van der Waals surface area contributed by atoms with E-state index < -0.39 is 0 Å². The molecule has 128 valence electrons. The second kappa shape index (κ2) is 7.68. The van der Waals surface area contributed by atoms with Crippen LogP contribution < -0.4 is 14.4 Å². The van der Waals surface area contributed by atoms with E-state index in [9.17, 15) is 0 Å². The van der Waals surface area contributed by atoms with Crippen molar-refractivity contribution in [2.45, 2.75) is 6.54 Å². The van der Waals surface area contributed by atoms with Crippen LogP contribution in [0.4, 0.5) is 5.95 Å². The Kier molecular flexibility index (Phi) is 5.37. The first-order valence-electron chi connectivity index (χ1n) is 7.85. The molecular weight excluding hydrogens is 328 g/mol. The zero-order chi connectivity index (χ0) is 16.9. The van der Waals surface area contributed by atoms with Crippen LogP contribution >= 0.6 is 11.6 Å². The molecule has 1 aromatic heterocycles. The molecule has 0 unspecified atom stereocenters. The van der Waals surface area contributed by atoms with Crippen LogP contribution in [0.2, 0.25) is 5.02 Å². The second-order valence-electron chi connectivity index (χ2n) is 5.64. The fraction of sp³-hybridized carbons (Fsp3) is 0.412. The van der Waals surface area contributed by atoms with Crippen molar-refractivity contribution < 1.29 is 9.47 Å². The fourth-order valence-corrected chi connectivity index (χ4v) is 2.92. The molecule has 0 atom stereocenters. The maximum atomic E-state index is 5.84. The van der Waals surface area contributed by atoms with Crippen molar-refractivity contribution in [3.8, 4) is 11.5 Å². The van der Waals surface area contributed by atoms with E-state index in [1.54, 1.807) is 26.6 Å². The van der Waals surface area contributed by atoms with Gasteiger partial charge in [0.2, 0.25) is 5.95 Å². The lowest BCUT2D eigenvalue weighted by Gasteiger charge is -2.34. The number of methoxy groups -OCH3 is 2. The van der Waals surface area contributed by atoms with Gasteiger partial charge in [-0.05, 0) is 18.2 Å². The number of hydrogen-bond donors (Lipinski definition) is 0. The number of benzene rings is 1. The lowest BCUT2D eigenvalue weighted by molar-refractivity contribution is 0.244. The number of aromatic nitrogens is 2. The van der Waals surface area contributed by atoms with Crippen molar-refractivity contribution in [1.82, 2.24) is 14.9 Å². The SMILES string of the molecule is COc1ccc(OC)c(CN2CCN(c3ncc(Cl)cn3)CC2)c1. The summed E-state index contributed by atoms with van der Waals surface area (Å²) in [6.45, 7) is 4.47. The van der Waals surface area contributed by atoms with Gasteiger partial charge in [-0.25, -0.2) is 9.97 Å². The van der Waals surface area contributed by atoms with Crippen LogP contribution in [-0.2, 0) is 6.54 Å². The lowest BCUT2D eigenvalue weighted by atomic mass is 10.1. The number of ether oxygens (including phenoxy) is 2. The number of halogens is 1. The number of hydrogen-bond acceptors (Lipinski definition) is 6. The molecule has 0 radical (unpaired) electrons. The summed E-state index contributed by atoms with van der Waals surface area (Å²) in [4.78, 5) is 13.1. The van der Waals surface area contributed by atoms with Gasteiger partial charge in [-0.15, -0.1) is 0 Å². The minimum absolute atomic E-state index is 0.558. The summed E-state index contributed by atoms with van der Waals surface area (Å²) in [6.07, 6.45) is 3.27. The maximum absolute atomic E-state index is 5.84. The average Bonchev–Trinajstić information content (AvgIpc) is 2.63. The molecule has 6 nitrogen and oxygen atoms in total. The molecule has 7 heteroatoms. The molecule has 0 N–H and O–H groups in total. The summed E-state index contributed by atoms with van der Waals surface area (Å²) in [5.41, 5.74) is 1.13. The van der Waals surface area contributed by atoms with Gasteiger partial charge in [0.05, 0.1) is 31.6 Å². The van der Waals surface area contributed by atoms with Crippen LogP contribution in [0.15, 0.2) is 30.6 Å². The van der Waals surface area contributed by atoms with Gasteiger partial charge in [0, 0.05) is 38.3 Å². The predicted octanol–water partition coefficient (Wildman–Crippen LogP) is 2.47. The smallest absolute Gasteiger partial charge is 0.225 e. The van der Waals surface area contributed by atoms with Crippen molar-refractivity contribution in [3.05, 3.63) is 41.2 Å². The van der Waals surface area contributed by atoms with E-state index in [1.807, 2.05) is 18.2 Å². The Morgan fingerprint density at radius 3 is 2.38 bits per heavy atom. The van der Waals surface area contributed by atoms with Crippen LogP contribution in [0.25, 0.3) is 0 Å². The van der Waals surface area contributed by atoms with Crippen LogP contribution in [-0.4, -0.2) is 55.3 Å². The minimum Gasteiger partial charge on any atom is -0.497 e. The number of nitrogens with zero attached hydrogens (tertiary/aromatic N) is 4. The van der Waals surface area contributed by atoms with Crippen LogP contribution in [0, 0.1) is 0 Å². The molecule has 0 bridgehead atoms. The molecule has 1 aliphatic heterocycles. The van der Waals surface area contributed by atoms with Crippen molar-refractivity contribution in [2.24, 2.45) is 0 Å². The molecule has 0 spiro atoms. The first-order chi connectivity index (χ1) is 11.7.